The van der Waals surface area contributed by atoms with Gasteiger partial charge in [-0.1, -0.05) is 0 Å². The smallest absolute Gasteiger partial charge is 0.456 e. The minimum absolute atomic E-state index is 0.0191. The average Bonchev–Trinajstić information content (AvgIpc) is 2.26. The minimum Gasteiger partial charge on any atom is -0.456 e. The summed E-state index contributed by atoms with van der Waals surface area (Å²) < 4.78 is 21.2. The molecule has 7 nitrogen and oxygen atoms in total. The molecule has 0 radical (unpaired) electrons. The molecule has 3 saturated heterocycles. The number of phosphoric acid groups is 1. The fraction of sp³-hybridized carbons (Fsp3) is 0.900. The predicted octanol–water partition coefficient (Wildman–Crippen LogP) is 0.225. The Morgan fingerprint density at radius 2 is 2.00 bits per heavy atom. The molecule has 0 aromatic heterocycles. The molecule has 0 aromatic rings. The van der Waals surface area contributed by atoms with Crippen LogP contribution in [-0.4, -0.2) is 52.7 Å². The Kier molecular flexibility index (Phi) is 3.80. The van der Waals surface area contributed by atoms with Gasteiger partial charge in [0.15, 0.2) is 12.8 Å². The maximum absolute atomic E-state index is 11.0. The molecule has 0 aliphatic carbocycles. The third kappa shape index (κ3) is 3.30. The fourth-order valence-electron chi connectivity index (χ4n) is 2.95. The first kappa shape index (κ1) is 14.0. The molecule has 0 spiro atoms. The second-order valence-electron chi connectivity index (χ2n) is 5.21. The van der Waals surface area contributed by atoms with Crippen molar-refractivity contribution >= 4 is 13.8 Å². The van der Waals surface area contributed by atoms with E-state index in [1.165, 1.54) is 6.92 Å². The lowest BCUT2D eigenvalue weighted by atomic mass is 9.84. The lowest BCUT2D eigenvalue weighted by molar-refractivity contribution is -0.959. The number of carbonyl (C=O) groups excluding carboxylic acids is 1. The number of piperidine rings is 3. The van der Waals surface area contributed by atoms with Gasteiger partial charge in [0, 0.05) is 25.7 Å². The van der Waals surface area contributed by atoms with Gasteiger partial charge in [0.1, 0.15) is 6.54 Å². The number of nitrogens with zero attached hydrogens (tertiary/aromatic N) is 1. The van der Waals surface area contributed by atoms with Crippen LogP contribution >= 0.6 is 7.82 Å². The molecule has 3 heterocycles. The lowest BCUT2D eigenvalue weighted by Crippen LogP contribution is -2.64. The largest absolute Gasteiger partial charge is 0.474 e. The van der Waals surface area contributed by atoms with E-state index in [4.69, 9.17) is 14.5 Å². The van der Waals surface area contributed by atoms with Crippen molar-refractivity contribution in [1.82, 2.24) is 0 Å². The number of carbonyl (C=O) groups is 1. The van der Waals surface area contributed by atoms with E-state index >= 15 is 0 Å². The molecular weight excluding hydrogens is 261 g/mol. The van der Waals surface area contributed by atoms with Gasteiger partial charge in [-0.05, 0) is 0 Å². The van der Waals surface area contributed by atoms with Crippen LogP contribution in [0.3, 0.4) is 0 Å². The maximum atomic E-state index is 11.0. The van der Waals surface area contributed by atoms with Gasteiger partial charge in [-0.25, -0.2) is 9.09 Å². The highest BCUT2D eigenvalue weighted by Gasteiger charge is 2.48. The van der Waals surface area contributed by atoms with Crippen molar-refractivity contribution in [2.75, 3.05) is 26.4 Å². The molecule has 0 aromatic carbocycles. The van der Waals surface area contributed by atoms with Crippen LogP contribution < -0.4 is 0 Å². The van der Waals surface area contributed by atoms with Crippen LogP contribution in [0.15, 0.2) is 0 Å². The van der Waals surface area contributed by atoms with Gasteiger partial charge in [-0.15, -0.1) is 0 Å². The van der Waals surface area contributed by atoms with E-state index in [0.717, 1.165) is 25.9 Å². The summed E-state index contributed by atoms with van der Waals surface area (Å²) in [5.41, 5.74) is 0. The zero-order chi connectivity index (χ0) is 13.4. The molecule has 1 unspecified atom stereocenters. The first-order chi connectivity index (χ1) is 8.30. The van der Waals surface area contributed by atoms with Gasteiger partial charge in [-0.2, -0.15) is 0 Å². The summed E-state index contributed by atoms with van der Waals surface area (Å²) in [5.74, 6) is 0.0757. The average molecular weight is 280 g/mol. The van der Waals surface area contributed by atoms with Gasteiger partial charge in [0.05, 0.1) is 13.1 Å². The third-order valence-electron chi connectivity index (χ3n) is 3.86. The number of hydrogen-bond acceptors (Lipinski definition) is 4. The van der Waals surface area contributed by atoms with Crippen LogP contribution in [0.2, 0.25) is 0 Å². The van der Waals surface area contributed by atoms with Crippen molar-refractivity contribution in [2.45, 2.75) is 25.9 Å². The molecule has 3 aliphatic heterocycles. The van der Waals surface area contributed by atoms with E-state index in [-0.39, 0.29) is 18.8 Å². The van der Waals surface area contributed by atoms with Gasteiger partial charge < -0.3 is 14.5 Å². The highest BCUT2D eigenvalue weighted by atomic mass is 31.2. The second kappa shape index (κ2) is 4.90. The summed E-state index contributed by atoms with van der Waals surface area (Å²) in [5, 5.41) is 0. The van der Waals surface area contributed by atoms with E-state index < -0.39 is 7.82 Å². The van der Waals surface area contributed by atoms with E-state index in [0.29, 0.717) is 16.9 Å². The van der Waals surface area contributed by atoms with Gasteiger partial charge in [0.25, 0.3) is 0 Å². The molecule has 3 rings (SSSR count). The van der Waals surface area contributed by atoms with Gasteiger partial charge >= 0.3 is 13.8 Å². The van der Waals surface area contributed by atoms with Gasteiger partial charge in [-0.3, -0.25) is 9.28 Å². The molecule has 18 heavy (non-hydrogen) atoms. The fourth-order valence-corrected chi connectivity index (χ4v) is 3.34. The van der Waals surface area contributed by atoms with E-state index in [9.17, 15) is 9.36 Å². The van der Waals surface area contributed by atoms with Crippen LogP contribution in [0, 0.1) is 5.92 Å². The topological polar surface area (TPSA) is 93.1 Å². The molecule has 104 valence electrons. The normalized spacial score (nSPS) is 35.5. The molecule has 1 atom stereocenters. The quantitative estimate of drug-likeness (QED) is 0.435. The Morgan fingerprint density at radius 1 is 1.39 bits per heavy atom. The lowest BCUT2D eigenvalue weighted by Gasteiger charge is -2.51. The Hall–Kier alpha value is -0.460. The standard InChI is InChI=1S/C10H18NO6P/c1-8(12)17-10-6-11(7-16-18(13,14)15)4-2-9(10)3-5-11/h9-10H,2-7H2,1H3,(H-,13,14,15)/p+1. The molecule has 3 aliphatic rings. The van der Waals surface area contributed by atoms with Crippen molar-refractivity contribution < 1.29 is 32.9 Å². The number of fused-ring (bicyclic) bond motifs is 3. The number of rotatable bonds is 4. The number of esters is 1. The van der Waals surface area contributed by atoms with Crippen molar-refractivity contribution in [3.8, 4) is 0 Å². The SMILES string of the molecule is CC(=O)OC1C[N+]2(COP(=O)(O)O)CCC1CC2. The second-order valence-corrected chi connectivity index (χ2v) is 6.44. The Balaban J connectivity index is 1.99. The summed E-state index contributed by atoms with van der Waals surface area (Å²) in [4.78, 5) is 28.6. The molecule has 0 saturated carbocycles. The minimum atomic E-state index is -4.44. The molecule has 8 heteroatoms. The summed E-state index contributed by atoms with van der Waals surface area (Å²) in [7, 11) is -4.44. The summed E-state index contributed by atoms with van der Waals surface area (Å²) >= 11 is 0. The van der Waals surface area contributed by atoms with Crippen LogP contribution in [0.1, 0.15) is 19.8 Å². The van der Waals surface area contributed by atoms with Gasteiger partial charge in [0.2, 0.25) is 0 Å². The van der Waals surface area contributed by atoms with E-state index in [1.54, 1.807) is 0 Å². The van der Waals surface area contributed by atoms with Crippen molar-refractivity contribution in [3.63, 3.8) is 0 Å². The van der Waals surface area contributed by atoms with Crippen molar-refractivity contribution in [2.24, 2.45) is 5.92 Å². The number of hydrogen-bond donors (Lipinski definition) is 2. The molecule has 2 bridgehead atoms. The maximum Gasteiger partial charge on any atom is 0.474 e. The first-order valence-corrected chi connectivity index (χ1v) is 7.55. The van der Waals surface area contributed by atoms with Crippen LogP contribution in [0.25, 0.3) is 0 Å². The molecule has 0 amide bonds. The van der Waals surface area contributed by atoms with Crippen LogP contribution in [0.5, 0.6) is 0 Å². The van der Waals surface area contributed by atoms with Crippen LogP contribution in [0.4, 0.5) is 0 Å². The van der Waals surface area contributed by atoms with E-state index in [2.05, 4.69) is 4.52 Å². The molecular formula is C10H19NO6P+. The third-order valence-corrected chi connectivity index (χ3v) is 4.31. The Labute approximate surface area is 106 Å². The highest BCUT2D eigenvalue weighted by molar-refractivity contribution is 7.46. The highest BCUT2D eigenvalue weighted by Crippen LogP contribution is 2.40. The monoisotopic (exact) mass is 280 g/mol. The number of quaternary nitrogens is 1. The van der Waals surface area contributed by atoms with Crippen molar-refractivity contribution in [3.05, 3.63) is 0 Å². The first-order valence-electron chi connectivity index (χ1n) is 6.02. The summed E-state index contributed by atoms with van der Waals surface area (Å²) in [6, 6.07) is 0. The zero-order valence-corrected chi connectivity index (χ0v) is 11.2. The van der Waals surface area contributed by atoms with Crippen LogP contribution in [-0.2, 0) is 18.6 Å². The Morgan fingerprint density at radius 3 is 2.50 bits per heavy atom. The van der Waals surface area contributed by atoms with Crippen molar-refractivity contribution in [1.29, 1.82) is 0 Å². The molecule has 3 fully saturated rings. The van der Waals surface area contributed by atoms with E-state index in [1.807, 2.05) is 0 Å². The Bertz CT molecular complexity index is 373. The zero-order valence-electron chi connectivity index (χ0n) is 10.3. The summed E-state index contributed by atoms with van der Waals surface area (Å²) in [6.45, 7) is 3.60. The number of ether oxygens (including phenoxy) is 1. The number of phosphoric ester groups is 1. The predicted molar refractivity (Wildman–Crippen MR) is 61.1 cm³/mol. The summed E-state index contributed by atoms with van der Waals surface area (Å²) in [6.07, 6.45) is 1.66. The molecule has 2 N–H and O–H groups in total.